The summed E-state index contributed by atoms with van der Waals surface area (Å²) in [6.07, 6.45) is 0.694. The number of carbonyl (C=O) groups excluding carboxylic acids is 2. The fourth-order valence-electron chi connectivity index (χ4n) is 3.11. The van der Waals surface area contributed by atoms with Crippen LogP contribution in [-0.2, 0) is 26.0 Å². The number of nitrogens with zero attached hydrogens (tertiary/aromatic N) is 2. The maximum atomic E-state index is 12.8. The molecule has 1 N–H and O–H groups in total. The molecule has 0 bridgehead atoms. The number of amides is 2. The fourth-order valence-corrected chi connectivity index (χ4v) is 5.53. The third kappa shape index (κ3) is 5.49. The van der Waals surface area contributed by atoms with Crippen molar-refractivity contribution in [3.63, 3.8) is 0 Å². The van der Waals surface area contributed by atoms with Crippen LogP contribution < -0.4 is 10.1 Å². The molecule has 0 aliphatic carbocycles. The molecule has 8 nitrogen and oxygen atoms in total. The number of methoxy groups -OCH3 is 1. The van der Waals surface area contributed by atoms with Crippen molar-refractivity contribution in [3.05, 3.63) is 54.1 Å². The number of carbonyl (C=O) groups is 2. The first kappa shape index (κ1) is 23.8. The van der Waals surface area contributed by atoms with E-state index in [4.69, 9.17) is 4.74 Å². The van der Waals surface area contributed by atoms with Crippen molar-refractivity contribution in [2.24, 2.45) is 4.40 Å². The second kappa shape index (κ2) is 10.2. The Labute approximate surface area is 192 Å². The Balaban J connectivity index is 1.73. The van der Waals surface area contributed by atoms with Crippen LogP contribution >= 0.6 is 11.8 Å². The molecule has 0 aromatic heterocycles. The molecule has 1 saturated heterocycles. The Morgan fingerprint density at radius 3 is 2.34 bits per heavy atom. The zero-order valence-corrected chi connectivity index (χ0v) is 19.7. The molecule has 2 aromatic carbocycles. The number of ether oxygens (including phenoxy) is 1. The summed E-state index contributed by atoms with van der Waals surface area (Å²) in [5.74, 6) is -0.0245. The van der Waals surface area contributed by atoms with Gasteiger partial charge in [0.2, 0.25) is 11.8 Å². The van der Waals surface area contributed by atoms with E-state index in [1.165, 1.54) is 17.0 Å². The summed E-state index contributed by atoms with van der Waals surface area (Å²) in [5.41, 5.74) is 1.59. The molecule has 1 aliphatic rings. The molecule has 0 spiro atoms. The molecule has 1 heterocycles. The molecule has 3 rings (SSSR count). The number of anilines is 1. The minimum Gasteiger partial charge on any atom is -0.497 e. The van der Waals surface area contributed by atoms with E-state index in [2.05, 4.69) is 9.71 Å². The van der Waals surface area contributed by atoms with Gasteiger partial charge in [-0.05, 0) is 55.3 Å². The summed E-state index contributed by atoms with van der Waals surface area (Å²) in [6, 6.07) is 13.3. The molecule has 1 atom stereocenters. The van der Waals surface area contributed by atoms with Crippen LogP contribution in [0.15, 0.2) is 57.8 Å². The lowest BCUT2D eigenvalue weighted by Crippen LogP contribution is -2.33. The lowest BCUT2D eigenvalue weighted by Gasteiger charge is -2.13. The van der Waals surface area contributed by atoms with E-state index in [1.54, 1.807) is 50.4 Å². The third-order valence-corrected chi connectivity index (χ3v) is 7.48. The highest BCUT2D eigenvalue weighted by Gasteiger charge is 2.39. The molecule has 2 amide bonds. The van der Waals surface area contributed by atoms with Crippen LogP contribution in [0.2, 0.25) is 0 Å². The van der Waals surface area contributed by atoms with E-state index in [0.29, 0.717) is 11.4 Å². The van der Waals surface area contributed by atoms with Gasteiger partial charge in [-0.3, -0.25) is 14.5 Å². The minimum atomic E-state index is -3.98. The molecule has 1 aliphatic heterocycles. The average molecular weight is 476 g/mol. The van der Waals surface area contributed by atoms with Gasteiger partial charge >= 0.3 is 0 Å². The van der Waals surface area contributed by atoms with Crippen molar-refractivity contribution < 1.29 is 22.7 Å². The van der Waals surface area contributed by atoms with E-state index in [9.17, 15) is 18.0 Å². The monoisotopic (exact) mass is 475 g/mol. The van der Waals surface area contributed by atoms with Gasteiger partial charge in [-0.15, -0.1) is 4.40 Å². The van der Waals surface area contributed by atoms with Gasteiger partial charge in [0.1, 0.15) is 11.0 Å². The average Bonchev–Trinajstić information content (AvgIpc) is 3.07. The van der Waals surface area contributed by atoms with E-state index < -0.39 is 15.3 Å². The predicted molar refractivity (Wildman–Crippen MR) is 125 cm³/mol. The van der Waals surface area contributed by atoms with E-state index in [1.807, 2.05) is 6.92 Å². The molecule has 170 valence electrons. The number of rotatable bonds is 8. The number of nitrogens with one attached hydrogen (secondary N) is 1. The highest BCUT2D eigenvalue weighted by molar-refractivity contribution is 8.16. The maximum absolute atomic E-state index is 12.8. The Kier molecular flexibility index (Phi) is 7.57. The standard InChI is InChI=1S/C22H25N3O5S2/c1-4-15-6-12-18(13-7-15)32(28,29)24-22-25(5-2)21(27)19(31-22)14-20(26)23-16-8-10-17(30-3)11-9-16/h6-13,19H,4-5,14H2,1-3H3,(H,23,26)/t19-/m1/s1. The summed E-state index contributed by atoms with van der Waals surface area (Å²) in [7, 11) is -2.43. The van der Waals surface area contributed by atoms with Crippen LogP contribution in [0.5, 0.6) is 5.75 Å². The lowest BCUT2D eigenvalue weighted by molar-refractivity contribution is -0.128. The van der Waals surface area contributed by atoms with Crippen LogP contribution in [0.25, 0.3) is 0 Å². The fraction of sp³-hybridized carbons (Fsp3) is 0.318. The maximum Gasteiger partial charge on any atom is 0.284 e. The number of thioether (sulfide) groups is 1. The molecule has 0 unspecified atom stereocenters. The Morgan fingerprint density at radius 1 is 1.12 bits per heavy atom. The first-order valence-electron chi connectivity index (χ1n) is 10.1. The summed E-state index contributed by atoms with van der Waals surface area (Å²) in [6.45, 7) is 3.97. The first-order chi connectivity index (χ1) is 15.3. The van der Waals surface area contributed by atoms with Gasteiger partial charge in [0.25, 0.3) is 10.0 Å². The van der Waals surface area contributed by atoms with Gasteiger partial charge in [0.15, 0.2) is 5.17 Å². The summed E-state index contributed by atoms with van der Waals surface area (Å²) >= 11 is 0.992. The first-order valence-corrected chi connectivity index (χ1v) is 12.4. The largest absolute Gasteiger partial charge is 0.497 e. The molecule has 10 heteroatoms. The van der Waals surface area contributed by atoms with Crippen LogP contribution in [0.1, 0.15) is 25.8 Å². The summed E-state index contributed by atoms with van der Waals surface area (Å²) in [5, 5.41) is 2.07. The van der Waals surface area contributed by atoms with Crippen molar-refractivity contribution in [2.75, 3.05) is 19.0 Å². The predicted octanol–water partition coefficient (Wildman–Crippen LogP) is 3.30. The number of aryl methyl sites for hydroxylation is 1. The van der Waals surface area contributed by atoms with Crippen molar-refractivity contribution in [1.29, 1.82) is 0 Å². The third-order valence-electron chi connectivity index (χ3n) is 4.91. The quantitative estimate of drug-likeness (QED) is 0.628. The van der Waals surface area contributed by atoms with Crippen LogP contribution in [0.3, 0.4) is 0 Å². The molecule has 1 fully saturated rings. The number of sulfonamides is 1. The highest BCUT2D eigenvalue weighted by atomic mass is 32.2. The second-order valence-corrected chi connectivity index (χ2v) is 9.79. The lowest BCUT2D eigenvalue weighted by atomic mass is 10.2. The van der Waals surface area contributed by atoms with E-state index in [0.717, 1.165) is 23.7 Å². The topological polar surface area (TPSA) is 105 Å². The molecule has 32 heavy (non-hydrogen) atoms. The van der Waals surface area contributed by atoms with Gasteiger partial charge in [-0.1, -0.05) is 30.8 Å². The van der Waals surface area contributed by atoms with Gasteiger partial charge in [-0.25, -0.2) is 0 Å². The highest BCUT2D eigenvalue weighted by Crippen LogP contribution is 2.31. The molecule has 2 aromatic rings. The number of amidine groups is 1. The Morgan fingerprint density at radius 2 is 1.78 bits per heavy atom. The van der Waals surface area contributed by atoms with Crippen molar-refractivity contribution >= 4 is 44.5 Å². The molecule has 0 radical (unpaired) electrons. The van der Waals surface area contributed by atoms with Crippen molar-refractivity contribution in [1.82, 2.24) is 4.90 Å². The number of benzene rings is 2. The zero-order valence-electron chi connectivity index (χ0n) is 18.1. The van der Waals surface area contributed by atoms with Gasteiger partial charge < -0.3 is 10.1 Å². The van der Waals surface area contributed by atoms with Crippen LogP contribution in [-0.4, -0.2) is 49.2 Å². The molecular formula is C22H25N3O5S2. The Hall–Kier alpha value is -2.85. The van der Waals surface area contributed by atoms with Gasteiger partial charge in [-0.2, -0.15) is 8.42 Å². The molecular weight excluding hydrogens is 450 g/mol. The molecule has 0 saturated carbocycles. The van der Waals surface area contributed by atoms with Gasteiger partial charge in [0, 0.05) is 18.7 Å². The van der Waals surface area contributed by atoms with Crippen molar-refractivity contribution in [2.45, 2.75) is 36.8 Å². The second-order valence-electron chi connectivity index (χ2n) is 7.02. The van der Waals surface area contributed by atoms with Crippen molar-refractivity contribution in [3.8, 4) is 5.75 Å². The zero-order chi connectivity index (χ0) is 23.3. The minimum absolute atomic E-state index is 0.0620. The smallest absolute Gasteiger partial charge is 0.284 e. The van der Waals surface area contributed by atoms with Gasteiger partial charge in [0.05, 0.1) is 12.0 Å². The number of hydrogen-bond donors (Lipinski definition) is 1. The van der Waals surface area contributed by atoms with E-state index in [-0.39, 0.29) is 34.8 Å². The summed E-state index contributed by atoms with van der Waals surface area (Å²) < 4.78 is 34.5. The number of hydrogen-bond acceptors (Lipinski definition) is 6. The normalized spacial score (nSPS) is 17.6. The van der Waals surface area contributed by atoms with E-state index >= 15 is 0 Å². The summed E-state index contributed by atoms with van der Waals surface area (Å²) in [4.78, 5) is 26.6. The SMILES string of the molecule is CCc1ccc(S(=O)(=O)N=C2S[C@H](CC(=O)Nc3ccc(OC)cc3)C(=O)N2CC)cc1. The van der Waals surface area contributed by atoms with Crippen LogP contribution in [0.4, 0.5) is 5.69 Å². The van der Waals surface area contributed by atoms with Crippen LogP contribution in [0, 0.1) is 0 Å². The Bertz CT molecular complexity index is 1110.